The monoisotopic (exact) mass is 220 g/mol. The molecule has 2 aliphatic carbocycles. The normalized spacial score (nSPS) is 35.2. The molecule has 92 valence electrons. The maximum atomic E-state index is 2.57. The van der Waals surface area contributed by atoms with Crippen LogP contribution in [0, 0.1) is 17.8 Å². The summed E-state index contributed by atoms with van der Waals surface area (Å²) in [4.78, 5) is 0. The van der Waals surface area contributed by atoms with Crippen LogP contribution in [0.2, 0.25) is 0 Å². The van der Waals surface area contributed by atoms with Crippen LogP contribution in [0.3, 0.4) is 0 Å². The van der Waals surface area contributed by atoms with Crippen molar-refractivity contribution >= 4 is 0 Å². The molecule has 0 radical (unpaired) electrons. The summed E-state index contributed by atoms with van der Waals surface area (Å²) in [6.45, 7) is 2.33. The first-order valence-electron chi connectivity index (χ1n) is 7.58. The van der Waals surface area contributed by atoms with Crippen LogP contribution in [0.5, 0.6) is 0 Å². The SMILES string of the molecule is CCCCC1CCC=CC2CCCCCC21. The number of fused-ring (bicyclic) bond motifs is 1. The van der Waals surface area contributed by atoms with Crippen molar-refractivity contribution in [3.63, 3.8) is 0 Å². The van der Waals surface area contributed by atoms with E-state index in [0.717, 1.165) is 17.8 Å². The third kappa shape index (κ3) is 3.12. The molecule has 0 spiro atoms. The highest BCUT2D eigenvalue weighted by atomic mass is 14.3. The van der Waals surface area contributed by atoms with E-state index in [2.05, 4.69) is 19.1 Å². The first-order chi connectivity index (χ1) is 7.92. The Balaban J connectivity index is 2.00. The largest absolute Gasteiger partial charge is 0.0882 e. The van der Waals surface area contributed by atoms with Crippen molar-refractivity contribution in [3.8, 4) is 0 Å². The highest BCUT2D eigenvalue weighted by Gasteiger charge is 2.29. The van der Waals surface area contributed by atoms with Crippen LogP contribution in [0.1, 0.15) is 71.1 Å². The predicted molar refractivity (Wildman–Crippen MR) is 71.5 cm³/mol. The first kappa shape index (κ1) is 12.2. The van der Waals surface area contributed by atoms with Crippen LogP contribution in [-0.2, 0) is 0 Å². The lowest BCUT2D eigenvalue weighted by molar-refractivity contribution is 0.225. The van der Waals surface area contributed by atoms with Gasteiger partial charge in [0.1, 0.15) is 0 Å². The van der Waals surface area contributed by atoms with Gasteiger partial charge in [-0.05, 0) is 43.4 Å². The Hall–Kier alpha value is -0.260. The van der Waals surface area contributed by atoms with Gasteiger partial charge in [-0.2, -0.15) is 0 Å². The summed E-state index contributed by atoms with van der Waals surface area (Å²) in [5.74, 6) is 3.01. The molecule has 16 heavy (non-hydrogen) atoms. The molecule has 1 saturated carbocycles. The van der Waals surface area contributed by atoms with E-state index in [-0.39, 0.29) is 0 Å². The molecule has 0 aromatic carbocycles. The van der Waals surface area contributed by atoms with Crippen LogP contribution >= 0.6 is 0 Å². The Morgan fingerprint density at radius 2 is 1.94 bits per heavy atom. The zero-order valence-electron chi connectivity index (χ0n) is 11.0. The van der Waals surface area contributed by atoms with Crippen molar-refractivity contribution in [1.82, 2.24) is 0 Å². The zero-order chi connectivity index (χ0) is 11.2. The van der Waals surface area contributed by atoms with Gasteiger partial charge in [-0.15, -0.1) is 0 Å². The van der Waals surface area contributed by atoms with Crippen molar-refractivity contribution in [1.29, 1.82) is 0 Å². The molecule has 2 rings (SSSR count). The first-order valence-corrected chi connectivity index (χ1v) is 7.58. The fourth-order valence-electron chi connectivity index (χ4n) is 3.81. The molecule has 0 heterocycles. The Morgan fingerprint density at radius 1 is 1.06 bits per heavy atom. The Labute approximate surface area is 102 Å². The van der Waals surface area contributed by atoms with E-state index in [0.29, 0.717) is 0 Å². The quantitative estimate of drug-likeness (QED) is 0.563. The van der Waals surface area contributed by atoms with E-state index in [1.165, 1.54) is 64.2 Å². The molecule has 0 aromatic heterocycles. The third-order valence-electron chi connectivity index (χ3n) is 4.75. The van der Waals surface area contributed by atoms with Gasteiger partial charge >= 0.3 is 0 Å². The summed E-state index contributed by atoms with van der Waals surface area (Å²) in [6, 6.07) is 0. The summed E-state index contributed by atoms with van der Waals surface area (Å²) in [6.07, 6.45) is 19.7. The summed E-state index contributed by atoms with van der Waals surface area (Å²) in [5.41, 5.74) is 0. The molecule has 0 aliphatic heterocycles. The van der Waals surface area contributed by atoms with E-state index in [9.17, 15) is 0 Å². The number of rotatable bonds is 3. The van der Waals surface area contributed by atoms with Gasteiger partial charge in [-0.1, -0.05) is 57.6 Å². The van der Waals surface area contributed by atoms with E-state index >= 15 is 0 Å². The smallest absolute Gasteiger partial charge is 0.0202 e. The molecule has 0 aromatic rings. The van der Waals surface area contributed by atoms with Gasteiger partial charge in [-0.3, -0.25) is 0 Å². The van der Waals surface area contributed by atoms with Crippen LogP contribution < -0.4 is 0 Å². The maximum Gasteiger partial charge on any atom is -0.0202 e. The van der Waals surface area contributed by atoms with Gasteiger partial charge in [0, 0.05) is 0 Å². The molecule has 0 N–H and O–H groups in total. The Kier molecular flexibility index (Phi) is 4.93. The van der Waals surface area contributed by atoms with E-state index in [1.54, 1.807) is 0 Å². The lowest BCUT2D eigenvalue weighted by Crippen LogP contribution is -2.20. The van der Waals surface area contributed by atoms with Crippen molar-refractivity contribution < 1.29 is 0 Å². The highest BCUT2D eigenvalue weighted by Crippen LogP contribution is 2.40. The fourth-order valence-corrected chi connectivity index (χ4v) is 3.81. The topological polar surface area (TPSA) is 0 Å². The highest BCUT2D eigenvalue weighted by molar-refractivity contribution is 4.98. The van der Waals surface area contributed by atoms with Gasteiger partial charge in [0.05, 0.1) is 0 Å². The minimum atomic E-state index is 0.937. The Morgan fingerprint density at radius 3 is 2.81 bits per heavy atom. The van der Waals surface area contributed by atoms with Crippen LogP contribution in [0.4, 0.5) is 0 Å². The second kappa shape index (κ2) is 6.47. The van der Waals surface area contributed by atoms with Crippen LogP contribution in [0.15, 0.2) is 12.2 Å². The maximum absolute atomic E-state index is 2.57. The molecule has 0 saturated heterocycles. The zero-order valence-corrected chi connectivity index (χ0v) is 11.0. The van der Waals surface area contributed by atoms with E-state index < -0.39 is 0 Å². The predicted octanol–water partition coefficient (Wildman–Crippen LogP) is 5.34. The minimum Gasteiger partial charge on any atom is -0.0882 e. The van der Waals surface area contributed by atoms with Crippen molar-refractivity contribution in [2.24, 2.45) is 17.8 Å². The molecule has 0 heteroatoms. The average molecular weight is 220 g/mol. The van der Waals surface area contributed by atoms with Gasteiger partial charge < -0.3 is 0 Å². The average Bonchev–Trinajstić information content (AvgIpc) is 2.62. The standard InChI is InChI=1S/C16H28/c1-2-3-9-14-11-7-8-12-15-10-5-4-6-13-16(14)15/h8,12,14-16H,2-7,9-11,13H2,1H3. The van der Waals surface area contributed by atoms with Crippen LogP contribution in [-0.4, -0.2) is 0 Å². The summed E-state index contributed by atoms with van der Waals surface area (Å²) in [7, 11) is 0. The van der Waals surface area contributed by atoms with E-state index in [1.807, 2.05) is 0 Å². The molecule has 0 nitrogen and oxygen atoms in total. The number of unbranched alkanes of at least 4 members (excludes halogenated alkanes) is 1. The van der Waals surface area contributed by atoms with E-state index in [4.69, 9.17) is 0 Å². The van der Waals surface area contributed by atoms with Gasteiger partial charge in [0.15, 0.2) is 0 Å². The summed E-state index contributed by atoms with van der Waals surface area (Å²) >= 11 is 0. The van der Waals surface area contributed by atoms with Gasteiger partial charge in [0.25, 0.3) is 0 Å². The van der Waals surface area contributed by atoms with Crippen molar-refractivity contribution in [2.75, 3.05) is 0 Å². The molecule has 0 amide bonds. The Bertz CT molecular complexity index is 216. The molecule has 1 fully saturated rings. The number of hydrogen-bond donors (Lipinski definition) is 0. The molecular formula is C16H28. The molecule has 3 unspecified atom stereocenters. The van der Waals surface area contributed by atoms with Crippen molar-refractivity contribution in [2.45, 2.75) is 71.1 Å². The van der Waals surface area contributed by atoms with Gasteiger partial charge in [-0.25, -0.2) is 0 Å². The number of hydrogen-bond acceptors (Lipinski definition) is 0. The van der Waals surface area contributed by atoms with Crippen molar-refractivity contribution in [3.05, 3.63) is 12.2 Å². The molecule has 2 aliphatic rings. The summed E-state index contributed by atoms with van der Waals surface area (Å²) in [5, 5.41) is 0. The molecular weight excluding hydrogens is 192 g/mol. The lowest BCUT2D eigenvalue weighted by atomic mass is 9.76. The third-order valence-corrected chi connectivity index (χ3v) is 4.75. The second-order valence-electron chi connectivity index (χ2n) is 5.87. The second-order valence-corrected chi connectivity index (χ2v) is 5.87. The fraction of sp³-hybridized carbons (Fsp3) is 0.875. The number of allylic oxidation sites excluding steroid dienone is 2. The van der Waals surface area contributed by atoms with Gasteiger partial charge in [0.2, 0.25) is 0 Å². The lowest BCUT2D eigenvalue weighted by Gasteiger charge is -2.29. The minimum absolute atomic E-state index is 0.937. The molecule has 0 bridgehead atoms. The molecule has 3 atom stereocenters. The van der Waals surface area contributed by atoms with Crippen LogP contribution in [0.25, 0.3) is 0 Å². The summed E-state index contributed by atoms with van der Waals surface area (Å²) < 4.78 is 0.